The van der Waals surface area contributed by atoms with E-state index in [9.17, 15) is 13.2 Å². The highest BCUT2D eigenvalue weighted by atomic mass is 19.4. The van der Waals surface area contributed by atoms with E-state index in [0.29, 0.717) is 17.5 Å². The molecule has 2 aliphatic heterocycles. The van der Waals surface area contributed by atoms with Gasteiger partial charge in [-0.15, -0.1) is 9.78 Å². The molecule has 1 unspecified atom stereocenters. The zero-order chi connectivity index (χ0) is 30.7. The Morgan fingerprint density at radius 1 is 0.795 bits per heavy atom. The summed E-state index contributed by atoms with van der Waals surface area (Å²) >= 11 is 0. The molecule has 0 bridgehead atoms. The maximum atomic E-state index is 14.2. The van der Waals surface area contributed by atoms with Crippen LogP contribution in [0.15, 0.2) is 79.1 Å². The molecule has 4 aromatic heterocycles. The van der Waals surface area contributed by atoms with Gasteiger partial charge in [-0.3, -0.25) is 0 Å². The average molecular weight is 594 g/mol. The minimum Gasteiger partial charge on any atom is -0.197 e. The molecule has 0 N–H and O–H groups in total. The van der Waals surface area contributed by atoms with Crippen molar-refractivity contribution in [3.8, 4) is 34.0 Å². The summed E-state index contributed by atoms with van der Waals surface area (Å²) in [6.07, 6.45) is -0.955. The first kappa shape index (κ1) is 26.7. The summed E-state index contributed by atoms with van der Waals surface area (Å²) in [6, 6.07) is 22.3. The van der Waals surface area contributed by atoms with Gasteiger partial charge in [-0.1, -0.05) is 65.8 Å². The van der Waals surface area contributed by atoms with Gasteiger partial charge in [0.25, 0.3) is 11.5 Å². The summed E-state index contributed by atoms with van der Waals surface area (Å²) in [5.41, 5.74) is 7.69. The Kier molecular flexibility index (Phi) is 5.37. The predicted molar refractivity (Wildman–Crippen MR) is 159 cm³/mol. The minimum absolute atomic E-state index is 0.129. The number of rotatable bonds is 3. The molecule has 0 saturated heterocycles. The Balaban J connectivity index is 1.45. The van der Waals surface area contributed by atoms with Crippen LogP contribution in [0, 0.1) is 6.92 Å². The van der Waals surface area contributed by atoms with Gasteiger partial charge in [0.15, 0.2) is 12.4 Å². The molecule has 1 spiro atoms. The van der Waals surface area contributed by atoms with Gasteiger partial charge in [-0.25, -0.2) is 0 Å². The number of hydrogen-bond donors (Lipinski definition) is 0. The molecule has 0 saturated carbocycles. The lowest BCUT2D eigenvalue weighted by Crippen LogP contribution is -2.77. The zero-order valence-corrected chi connectivity index (χ0v) is 24.9. The van der Waals surface area contributed by atoms with E-state index in [1.165, 1.54) is 21.4 Å². The van der Waals surface area contributed by atoms with E-state index in [4.69, 9.17) is 5.10 Å². The number of aryl methyl sites for hydroxylation is 1. The molecule has 2 aliphatic rings. The highest BCUT2D eigenvalue weighted by Crippen LogP contribution is 2.43. The highest BCUT2D eigenvalue weighted by molar-refractivity contribution is 5.95. The summed E-state index contributed by atoms with van der Waals surface area (Å²) in [7, 11) is 0. The number of nitrogens with zero attached hydrogens (tertiary/aromatic N) is 7. The quantitative estimate of drug-likeness (QED) is 0.217. The van der Waals surface area contributed by atoms with Crippen LogP contribution in [-0.2, 0) is 12.1 Å². The molecule has 1 atom stereocenters. The predicted octanol–water partition coefficient (Wildman–Crippen LogP) is 6.62. The van der Waals surface area contributed by atoms with Gasteiger partial charge in [0.1, 0.15) is 5.69 Å². The Hall–Kier alpha value is -4.86. The van der Waals surface area contributed by atoms with Gasteiger partial charge in [0, 0.05) is 18.2 Å². The monoisotopic (exact) mass is 593 g/mol. The van der Waals surface area contributed by atoms with Crippen molar-refractivity contribution in [2.24, 2.45) is 0 Å². The van der Waals surface area contributed by atoms with Crippen molar-refractivity contribution in [2.75, 3.05) is 0 Å². The zero-order valence-electron chi connectivity index (χ0n) is 24.9. The Bertz CT molecular complexity index is 2130. The maximum Gasteiger partial charge on any atom is 0.584 e. The van der Waals surface area contributed by atoms with Gasteiger partial charge in [-0.2, -0.15) is 23.3 Å². The summed E-state index contributed by atoms with van der Waals surface area (Å²) in [4.78, 5) is 4.13. The molecule has 8 rings (SSSR count). The van der Waals surface area contributed by atoms with Crippen molar-refractivity contribution in [3.63, 3.8) is 0 Å². The van der Waals surface area contributed by atoms with Gasteiger partial charge in [-0.05, 0) is 70.7 Å². The van der Waals surface area contributed by atoms with Crippen LogP contribution in [0.3, 0.4) is 0 Å². The highest BCUT2D eigenvalue weighted by Gasteiger charge is 2.71. The third-order valence-corrected chi connectivity index (χ3v) is 8.85. The van der Waals surface area contributed by atoms with Crippen molar-refractivity contribution in [3.05, 3.63) is 102 Å². The number of halogens is 3. The SMILES string of the molecule is Cc1cc2n(n1)C1(n3nc(C(F)(F)F)nc3-c3c4ccc(-c5c(C(C)C)cccc5C(C)C)cc4cc[n+]31)[n+]1ccccc1-2. The number of fused-ring (bicyclic) bond motifs is 12. The maximum absolute atomic E-state index is 14.2. The van der Waals surface area contributed by atoms with Crippen LogP contribution in [0.25, 0.3) is 44.8 Å². The average Bonchev–Trinajstić information content (AvgIpc) is 3.72. The summed E-state index contributed by atoms with van der Waals surface area (Å²) in [5.74, 6) is -1.82. The molecule has 44 heavy (non-hydrogen) atoms. The molecular formula is C34H30F3N7+2. The first-order valence-corrected chi connectivity index (χ1v) is 14.8. The summed E-state index contributed by atoms with van der Waals surface area (Å²) in [5, 5.41) is 10.6. The van der Waals surface area contributed by atoms with Crippen molar-refractivity contribution in [1.29, 1.82) is 0 Å². The van der Waals surface area contributed by atoms with E-state index in [1.54, 1.807) is 4.68 Å². The first-order valence-electron chi connectivity index (χ1n) is 14.8. The van der Waals surface area contributed by atoms with Crippen LogP contribution in [0.5, 0.6) is 0 Å². The normalized spacial score (nSPS) is 16.7. The van der Waals surface area contributed by atoms with Crippen molar-refractivity contribution < 1.29 is 22.3 Å². The van der Waals surface area contributed by atoms with Crippen LogP contribution in [-0.4, -0.2) is 24.5 Å². The second kappa shape index (κ2) is 8.84. The molecule has 0 amide bonds. The van der Waals surface area contributed by atoms with Crippen LogP contribution in [0.1, 0.15) is 62.2 Å². The lowest BCUT2D eigenvalue weighted by atomic mass is 9.84. The second-order valence-corrected chi connectivity index (χ2v) is 12.3. The molecule has 6 heterocycles. The van der Waals surface area contributed by atoms with E-state index < -0.39 is 17.9 Å². The standard InChI is InChI=1S/C34H30F3N7/c1-19(2)24-9-8-10-25(20(3)4)29(24)23-12-13-26-22(18-23)14-16-42-30(26)31-38-32(33(35,36)37)40-44(31)34(42)41-15-7-6-11-27(41)28-17-21(5)39-43(28)34/h6-20H,1-5H3/q+2. The fourth-order valence-electron chi connectivity index (χ4n) is 7.03. The Morgan fingerprint density at radius 2 is 1.55 bits per heavy atom. The summed E-state index contributed by atoms with van der Waals surface area (Å²) < 4.78 is 49.5. The van der Waals surface area contributed by atoms with E-state index in [0.717, 1.165) is 33.4 Å². The van der Waals surface area contributed by atoms with E-state index in [-0.39, 0.29) is 5.82 Å². The number of pyridine rings is 2. The Morgan fingerprint density at radius 3 is 2.25 bits per heavy atom. The van der Waals surface area contributed by atoms with Crippen LogP contribution >= 0.6 is 0 Å². The molecule has 6 aromatic rings. The molecule has 7 nitrogen and oxygen atoms in total. The summed E-state index contributed by atoms with van der Waals surface area (Å²) in [6.45, 7) is 10.7. The van der Waals surface area contributed by atoms with Gasteiger partial charge in [0.05, 0.1) is 11.1 Å². The Labute approximate surface area is 251 Å². The molecule has 0 aliphatic carbocycles. The van der Waals surface area contributed by atoms with E-state index >= 15 is 0 Å². The molecule has 10 heteroatoms. The van der Waals surface area contributed by atoms with E-state index in [1.807, 2.05) is 64.8 Å². The smallest absolute Gasteiger partial charge is 0.197 e. The molecular weight excluding hydrogens is 563 g/mol. The molecule has 220 valence electrons. The second-order valence-electron chi connectivity index (χ2n) is 12.3. The van der Waals surface area contributed by atoms with E-state index in [2.05, 4.69) is 68.1 Å². The lowest BCUT2D eigenvalue weighted by molar-refractivity contribution is -0.990. The fraction of sp³-hybridized carbons (Fsp3) is 0.265. The molecule has 0 fully saturated rings. The van der Waals surface area contributed by atoms with Crippen LogP contribution in [0.4, 0.5) is 13.2 Å². The van der Waals surface area contributed by atoms with Crippen molar-refractivity contribution in [2.45, 2.75) is 58.5 Å². The lowest BCUT2D eigenvalue weighted by Gasteiger charge is -2.20. The fourth-order valence-corrected chi connectivity index (χ4v) is 7.03. The van der Waals surface area contributed by atoms with Crippen molar-refractivity contribution >= 4 is 10.8 Å². The van der Waals surface area contributed by atoms with Gasteiger partial charge < -0.3 is 0 Å². The van der Waals surface area contributed by atoms with Crippen LogP contribution in [0.2, 0.25) is 0 Å². The van der Waals surface area contributed by atoms with Gasteiger partial charge in [0.2, 0.25) is 11.5 Å². The third kappa shape index (κ3) is 3.36. The number of benzene rings is 2. The van der Waals surface area contributed by atoms with Crippen LogP contribution < -0.4 is 9.13 Å². The van der Waals surface area contributed by atoms with Gasteiger partial charge >= 0.3 is 12.1 Å². The molecule has 2 aromatic carbocycles. The van der Waals surface area contributed by atoms with Crippen molar-refractivity contribution in [1.82, 2.24) is 24.5 Å². The number of alkyl halides is 3. The number of hydrogen-bond acceptors (Lipinski definition) is 3. The first-order chi connectivity index (χ1) is 21.0. The largest absolute Gasteiger partial charge is 0.584 e. The minimum atomic E-state index is -4.72. The molecule has 0 radical (unpaired) electrons. The third-order valence-electron chi connectivity index (χ3n) is 8.85. The number of aromatic nitrogens is 7. The topological polar surface area (TPSA) is 56.3 Å².